The molecule has 0 aliphatic carbocycles. The van der Waals surface area contributed by atoms with Crippen molar-refractivity contribution < 1.29 is 24.3 Å². The number of fused-ring (bicyclic) bond motifs is 1. The molecule has 5 rings (SSSR count). The number of thiophene rings is 1. The highest BCUT2D eigenvalue weighted by atomic mass is 32.1. The number of hydroxylamine groups is 1. The molecule has 1 aliphatic heterocycles. The van der Waals surface area contributed by atoms with E-state index in [4.69, 9.17) is 4.74 Å². The Labute approximate surface area is 229 Å². The maximum absolute atomic E-state index is 13.1. The fraction of sp³-hybridized carbons (Fsp3) is 0.241. The molecule has 3 N–H and O–H groups in total. The van der Waals surface area contributed by atoms with Crippen LogP contribution in [-0.2, 0) is 11.4 Å². The second-order valence-electron chi connectivity index (χ2n) is 9.43. The molecule has 1 aliphatic rings. The van der Waals surface area contributed by atoms with Gasteiger partial charge in [-0.2, -0.15) is 0 Å². The van der Waals surface area contributed by atoms with Gasteiger partial charge in [-0.15, -0.1) is 11.3 Å². The van der Waals surface area contributed by atoms with E-state index in [1.54, 1.807) is 46.8 Å². The van der Waals surface area contributed by atoms with Gasteiger partial charge in [0.15, 0.2) is 0 Å². The number of nitrogens with zero attached hydrogens (tertiary/aromatic N) is 2. The predicted molar refractivity (Wildman–Crippen MR) is 147 cm³/mol. The average molecular weight is 545 g/mol. The van der Waals surface area contributed by atoms with Crippen LogP contribution in [0.5, 0.6) is 5.75 Å². The Morgan fingerprint density at radius 1 is 1.10 bits per heavy atom. The first-order valence-electron chi connectivity index (χ1n) is 12.6. The Kier molecular flexibility index (Phi) is 7.85. The number of nitrogens with one attached hydrogen (secondary N) is 2. The molecule has 2 atom stereocenters. The van der Waals surface area contributed by atoms with E-state index in [0.717, 1.165) is 22.2 Å². The summed E-state index contributed by atoms with van der Waals surface area (Å²) in [6, 6.07) is 19.5. The molecular formula is C29H28N4O5S. The highest BCUT2D eigenvalue weighted by Gasteiger charge is 2.37. The van der Waals surface area contributed by atoms with E-state index in [-0.39, 0.29) is 18.4 Å². The Morgan fingerprint density at radius 2 is 1.90 bits per heavy atom. The number of piperidine rings is 1. The van der Waals surface area contributed by atoms with E-state index in [1.165, 1.54) is 11.3 Å². The molecule has 3 amide bonds. The number of aryl methyl sites for hydroxylation is 1. The van der Waals surface area contributed by atoms with Crippen molar-refractivity contribution in [3.05, 3.63) is 93.8 Å². The number of amides is 3. The van der Waals surface area contributed by atoms with Gasteiger partial charge in [-0.25, -0.2) is 5.48 Å². The van der Waals surface area contributed by atoms with Crippen molar-refractivity contribution in [3.63, 3.8) is 0 Å². The number of hydrogen-bond donors (Lipinski definition) is 3. The van der Waals surface area contributed by atoms with Gasteiger partial charge in [-0.3, -0.25) is 24.6 Å². The van der Waals surface area contributed by atoms with E-state index in [1.807, 2.05) is 42.6 Å². The molecule has 200 valence electrons. The van der Waals surface area contributed by atoms with Crippen LogP contribution in [0.3, 0.4) is 0 Å². The summed E-state index contributed by atoms with van der Waals surface area (Å²) in [4.78, 5) is 45.0. The SMILES string of the molecule is Cc1cc(COc2ccc(C(=O)N[C@@H]3CN(C(=O)c4cccs4)CC[C@@H]3C(=O)NO)cc2)c2ccccc2n1. The zero-order chi connectivity index (χ0) is 27.4. The lowest BCUT2D eigenvalue weighted by Gasteiger charge is -2.37. The zero-order valence-electron chi connectivity index (χ0n) is 21.3. The molecule has 0 unspecified atom stereocenters. The third-order valence-electron chi connectivity index (χ3n) is 6.84. The molecule has 1 saturated heterocycles. The topological polar surface area (TPSA) is 121 Å². The monoisotopic (exact) mass is 544 g/mol. The van der Waals surface area contributed by atoms with Crippen LogP contribution in [0.1, 0.15) is 37.7 Å². The number of rotatable bonds is 7. The van der Waals surface area contributed by atoms with Crippen molar-refractivity contribution in [1.29, 1.82) is 0 Å². The minimum atomic E-state index is -0.674. The molecule has 39 heavy (non-hydrogen) atoms. The van der Waals surface area contributed by atoms with Crippen LogP contribution in [0.25, 0.3) is 10.9 Å². The van der Waals surface area contributed by atoms with Gasteiger partial charge in [-0.05, 0) is 61.2 Å². The predicted octanol–water partition coefficient (Wildman–Crippen LogP) is 3.95. The molecule has 4 aromatic rings. The molecular weight excluding hydrogens is 516 g/mol. The maximum Gasteiger partial charge on any atom is 0.263 e. The second kappa shape index (κ2) is 11.6. The van der Waals surface area contributed by atoms with Crippen LogP contribution in [0.2, 0.25) is 0 Å². The molecule has 9 nitrogen and oxygen atoms in total. The van der Waals surface area contributed by atoms with Crippen molar-refractivity contribution in [2.24, 2.45) is 5.92 Å². The number of carbonyl (C=O) groups excluding carboxylic acids is 3. The van der Waals surface area contributed by atoms with Crippen molar-refractivity contribution in [2.45, 2.75) is 26.0 Å². The maximum atomic E-state index is 13.1. The number of carbonyl (C=O) groups is 3. The highest BCUT2D eigenvalue weighted by molar-refractivity contribution is 7.12. The summed E-state index contributed by atoms with van der Waals surface area (Å²) >= 11 is 1.34. The lowest BCUT2D eigenvalue weighted by molar-refractivity contribution is -0.135. The van der Waals surface area contributed by atoms with Crippen LogP contribution in [0.15, 0.2) is 72.1 Å². The number of aromatic nitrogens is 1. The molecule has 3 heterocycles. The normalized spacial score (nSPS) is 17.0. The van der Waals surface area contributed by atoms with Gasteiger partial charge in [0, 0.05) is 35.3 Å². The standard InChI is InChI=1S/C29H28N4O5S/c1-18-15-20(22-5-2-3-6-24(22)30-18)17-38-21-10-8-19(9-11-21)27(34)31-25-16-33(13-12-23(25)28(35)32-37)29(36)26-7-4-14-39-26/h2-11,14-15,23,25,37H,12-13,16-17H2,1H3,(H,31,34)(H,32,35)/t23-,25+/m0/s1. The van der Waals surface area contributed by atoms with Crippen LogP contribution < -0.4 is 15.5 Å². The second-order valence-corrected chi connectivity index (χ2v) is 10.4. The summed E-state index contributed by atoms with van der Waals surface area (Å²) in [7, 11) is 0. The van der Waals surface area contributed by atoms with Gasteiger partial charge < -0.3 is 15.0 Å². The number of para-hydroxylation sites is 1. The van der Waals surface area contributed by atoms with Gasteiger partial charge in [0.2, 0.25) is 5.91 Å². The Bertz CT molecular complexity index is 1490. The summed E-state index contributed by atoms with van der Waals surface area (Å²) in [6.45, 7) is 2.80. The molecule has 0 radical (unpaired) electrons. The van der Waals surface area contributed by atoms with Crippen LogP contribution in [-0.4, -0.2) is 51.9 Å². The first-order valence-corrected chi connectivity index (χ1v) is 13.5. The van der Waals surface area contributed by atoms with Gasteiger partial charge in [0.05, 0.1) is 22.4 Å². The van der Waals surface area contributed by atoms with Crippen LogP contribution in [0.4, 0.5) is 0 Å². The van der Waals surface area contributed by atoms with Crippen LogP contribution >= 0.6 is 11.3 Å². The fourth-order valence-corrected chi connectivity index (χ4v) is 5.56. The summed E-state index contributed by atoms with van der Waals surface area (Å²) in [5.41, 5.74) is 4.91. The van der Waals surface area contributed by atoms with Crippen molar-refractivity contribution in [3.8, 4) is 5.75 Å². The molecule has 0 spiro atoms. The van der Waals surface area contributed by atoms with E-state index < -0.39 is 17.9 Å². The molecule has 2 aromatic carbocycles. The molecule has 0 saturated carbocycles. The lowest BCUT2D eigenvalue weighted by Crippen LogP contribution is -2.57. The molecule has 2 aromatic heterocycles. The van der Waals surface area contributed by atoms with Gasteiger partial charge in [0.1, 0.15) is 12.4 Å². The number of likely N-dealkylation sites (tertiary alicyclic amines) is 1. The van der Waals surface area contributed by atoms with Gasteiger partial charge in [-0.1, -0.05) is 24.3 Å². The third kappa shape index (κ3) is 5.92. The third-order valence-corrected chi connectivity index (χ3v) is 7.69. The number of hydrogen-bond acceptors (Lipinski definition) is 7. The van der Waals surface area contributed by atoms with E-state index in [9.17, 15) is 19.6 Å². The number of benzene rings is 2. The Balaban J connectivity index is 1.25. The largest absolute Gasteiger partial charge is 0.489 e. The first kappa shape index (κ1) is 26.3. The molecule has 10 heteroatoms. The first-order chi connectivity index (χ1) is 18.9. The van der Waals surface area contributed by atoms with Crippen molar-refractivity contribution in [1.82, 2.24) is 20.7 Å². The van der Waals surface area contributed by atoms with E-state index in [2.05, 4.69) is 10.3 Å². The number of ether oxygens (including phenoxy) is 1. The van der Waals surface area contributed by atoms with Crippen molar-refractivity contribution >= 4 is 40.0 Å². The Hall–Kier alpha value is -4.28. The van der Waals surface area contributed by atoms with Gasteiger partial charge in [0.25, 0.3) is 11.8 Å². The van der Waals surface area contributed by atoms with E-state index >= 15 is 0 Å². The lowest BCUT2D eigenvalue weighted by atomic mass is 9.90. The fourth-order valence-electron chi connectivity index (χ4n) is 4.87. The summed E-state index contributed by atoms with van der Waals surface area (Å²) in [6.07, 6.45) is 0.310. The summed E-state index contributed by atoms with van der Waals surface area (Å²) in [5.74, 6) is -1.19. The smallest absolute Gasteiger partial charge is 0.263 e. The van der Waals surface area contributed by atoms with Crippen molar-refractivity contribution in [2.75, 3.05) is 13.1 Å². The minimum absolute atomic E-state index is 0.147. The Morgan fingerprint density at radius 3 is 2.64 bits per heavy atom. The zero-order valence-corrected chi connectivity index (χ0v) is 22.1. The summed E-state index contributed by atoms with van der Waals surface area (Å²) in [5, 5.41) is 14.9. The van der Waals surface area contributed by atoms with E-state index in [0.29, 0.717) is 35.8 Å². The number of pyridine rings is 1. The van der Waals surface area contributed by atoms with Crippen LogP contribution in [0, 0.1) is 12.8 Å². The molecule has 1 fully saturated rings. The minimum Gasteiger partial charge on any atom is -0.489 e. The molecule has 0 bridgehead atoms. The quantitative estimate of drug-likeness (QED) is 0.239. The highest BCUT2D eigenvalue weighted by Crippen LogP contribution is 2.24. The average Bonchev–Trinajstić information content (AvgIpc) is 3.50. The van der Waals surface area contributed by atoms with Gasteiger partial charge >= 0.3 is 0 Å². The summed E-state index contributed by atoms with van der Waals surface area (Å²) < 4.78 is 6.00.